The number of hydrogen-bond acceptors (Lipinski definition) is 5. The number of nitrogens with one attached hydrogen (secondary N) is 1. The van der Waals surface area contributed by atoms with E-state index in [1.807, 2.05) is 35.4 Å². The summed E-state index contributed by atoms with van der Waals surface area (Å²) in [4.78, 5) is 21.9. The van der Waals surface area contributed by atoms with Crippen LogP contribution in [0.1, 0.15) is 39.9 Å². The standard InChI is InChI=1S/C28H32N4O2/c1-31(17-20-5-3-7-25(13-20)34-2)18-21-10-12-30-27(14-21)22-8-9-26-23(15-22)19-32(28(26)33)24-6-4-11-29-16-24/h3,5,7-10,12-15,24,29H,4,6,11,16-19H2,1-2H3. The molecule has 3 heterocycles. The van der Waals surface area contributed by atoms with Gasteiger partial charge in [-0.25, -0.2) is 0 Å². The Morgan fingerprint density at radius 2 is 1.97 bits per heavy atom. The Bertz CT molecular complexity index is 1170. The van der Waals surface area contributed by atoms with Crippen molar-refractivity contribution >= 4 is 5.91 Å². The molecule has 2 aromatic carbocycles. The molecule has 176 valence electrons. The van der Waals surface area contributed by atoms with Crippen LogP contribution >= 0.6 is 0 Å². The molecule has 0 aliphatic carbocycles. The largest absolute Gasteiger partial charge is 0.497 e. The van der Waals surface area contributed by atoms with Crippen molar-refractivity contribution in [1.29, 1.82) is 0 Å². The molecule has 1 atom stereocenters. The van der Waals surface area contributed by atoms with Gasteiger partial charge in [0.15, 0.2) is 0 Å². The van der Waals surface area contributed by atoms with Crippen LogP contribution in [-0.4, -0.2) is 54.0 Å². The van der Waals surface area contributed by atoms with Crippen molar-refractivity contribution in [2.45, 2.75) is 38.5 Å². The van der Waals surface area contributed by atoms with Crippen molar-refractivity contribution in [1.82, 2.24) is 20.1 Å². The van der Waals surface area contributed by atoms with Crippen molar-refractivity contribution in [3.05, 3.63) is 83.0 Å². The fourth-order valence-corrected chi connectivity index (χ4v) is 5.08. The van der Waals surface area contributed by atoms with Crippen LogP contribution < -0.4 is 10.1 Å². The number of benzene rings is 2. The van der Waals surface area contributed by atoms with E-state index in [2.05, 4.69) is 52.6 Å². The van der Waals surface area contributed by atoms with Crippen molar-refractivity contribution in [3.63, 3.8) is 0 Å². The molecule has 1 aromatic heterocycles. The summed E-state index contributed by atoms with van der Waals surface area (Å²) in [5, 5.41) is 3.42. The summed E-state index contributed by atoms with van der Waals surface area (Å²) in [5.74, 6) is 1.04. The molecular formula is C28H32N4O2. The van der Waals surface area contributed by atoms with Crippen molar-refractivity contribution < 1.29 is 9.53 Å². The molecule has 5 rings (SSSR count). The van der Waals surface area contributed by atoms with Crippen molar-refractivity contribution in [3.8, 4) is 17.0 Å². The number of amides is 1. The third-order valence-corrected chi connectivity index (χ3v) is 6.81. The van der Waals surface area contributed by atoms with Crippen molar-refractivity contribution in [2.75, 3.05) is 27.2 Å². The minimum atomic E-state index is 0.163. The number of carbonyl (C=O) groups excluding carboxylic acids is 1. The molecule has 34 heavy (non-hydrogen) atoms. The second-order valence-corrected chi connectivity index (χ2v) is 9.38. The van der Waals surface area contributed by atoms with E-state index in [1.165, 1.54) is 11.1 Å². The molecule has 0 spiro atoms. The van der Waals surface area contributed by atoms with E-state index in [-0.39, 0.29) is 5.91 Å². The predicted octanol–water partition coefficient (Wildman–Crippen LogP) is 4.10. The molecule has 2 aliphatic rings. The second-order valence-electron chi connectivity index (χ2n) is 9.38. The Labute approximate surface area is 201 Å². The zero-order valence-electron chi connectivity index (χ0n) is 20.0. The van der Waals surface area contributed by atoms with Crippen LogP contribution in [0.5, 0.6) is 5.75 Å². The lowest BCUT2D eigenvalue weighted by Gasteiger charge is -2.31. The third kappa shape index (κ3) is 4.83. The number of carbonyl (C=O) groups is 1. The number of piperidine rings is 1. The Morgan fingerprint density at radius 1 is 1.12 bits per heavy atom. The molecule has 0 radical (unpaired) electrons. The van der Waals surface area contributed by atoms with Gasteiger partial charge in [0.1, 0.15) is 5.75 Å². The zero-order chi connectivity index (χ0) is 23.5. The highest BCUT2D eigenvalue weighted by atomic mass is 16.5. The van der Waals surface area contributed by atoms with Gasteiger partial charge in [-0.15, -0.1) is 0 Å². The fourth-order valence-electron chi connectivity index (χ4n) is 5.08. The van der Waals surface area contributed by atoms with Gasteiger partial charge in [0.25, 0.3) is 5.91 Å². The summed E-state index contributed by atoms with van der Waals surface area (Å²) < 4.78 is 5.34. The first-order chi connectivity index (χ1) is 16.6. The van der Waals surface area contributed by atoms with E-state index >= 15 is 0 Å². The lowest BCUT2D eigenvalue weighted by molar-refractivity contribution is 0.0674. The maximum atomic E-state index is 13.0. The van der Waals surface area contributed by atoms with Crippen LogP contribution in [-0.2, 0) is 19.6 Å². The van der Waals surface area contributed by atoms with Crippen molar-refractivity contribution in [2.24, 2.45) is 0 Å². The van der Waals surface area contributed by atoms with E-state index in [0.717, 1.165) is 67.2 Å². The second kappa shape index (κ2) is 9.95. The molecular weight excluding hydrogens is 424 g/mol. The third-order valence-electron chi connectivity index (χ3n) is 6.81. The Balaban J connectivity index is 1.29. The number of rotatable bonds is 7. The van der Waals surface area contributed by atoms with Gasteiger partial charge in [-0.2, -0.15) is 0 Å². The highest BCUT2D eigenvalue weighted by Gasteiger charge is 2.33. The number of nitrogens with zero attached hydrogens (tertiary/aromatic N) is 3. The first kappa shape index (κ1) is 22.6. The molecule has 6 nitrogen and oxygen atoms in total. The Morgan fingerprint density at radius 3 is 2.76 bits per heavy atom. The van der Waals surface area contributed by atoms with Gasteiger partial charge in [0, 0.05) is 49.5 Å². The predicted molar refractivity (Wildman–Crippen MR) is 134 cm³/mol. The summed E-state index contributed by atoms with van der Waals surface area (Å²) in [6.45, 7) is 4.28. The number of pyridine rings is 1. The van der Waals surface area contributed by atoms with Crippen LogP contribution in [0, 0.1) is 0 Å². The van der Waals surface area contributed by atoms with Gasteiger partial charge in [-0.05, 0) is 79.5 Å². The molecule has 6 heteroatoms. The number of hydrogen-bond donors (Lipinski definition) is 1. The van der Waals surface area contributed by atoms with E-state index in [0.29, 0.717) is 12.6 Å². The lowest BCUT2D eigenvalue weighted by Crippen LogP contribution is -2.46. The Kier molecular flexibility index (Phi) is 6.61. The molecule has 1 unspecified atom stereocenters. The highest BCUT2D eigenvalue weighted by molar-refractivity contribution is 5.99. The molecule has 1 N–H and O–H groups in total. The van der Waals surface area contributed by atoms with E-state index in [1.54, 1.807) is 7.11 Å². The first-order valence-electron chi connectivity index (χ1n) is 12.0. The van der Waals surface area contributed by atoms with Gasteiger partial charge in [-0.1, -0.05) is 18.2 Å². The summed E-state index contributed by atoms with van der Waals surface area (Å²) in [6, 6.07) is 18.9. The molecule has 0 saturated carbocycles. The summed E-state index contributed by atoms with van der Waals surface area (Å²) in [7, 11) is 3.82. The number of fused-ring (bicyclic) bond motifs is 1. The van der Waals surface area contributed by atoms with Gasteiger partial charge < -0.3 is 15.0 Å². The van der Waals surface area contributed by atoms with Crippen LogP contribution in [0.3, 0.4) is 0 Å². The number of ether oxygens (including phenoxy) is 1. The summed E-state index contributed by atoms with van der Waals surface area (Å²) in [6.07, 6.45) is 4.08. The molecule has 2 aliphatic heterocycles. The zero-order valence-corrected chi connectivity index (χ0v) is 20.0. The molecule has 0 bridgehead atoms. The first-order valence-corrected chi connectivity index (χ1v) is 12.0. The van der Waals surface area contributed by atoms with Gasteiger partial charge in [0.2, 0.25) is 0 Å². The minimum Gasteiger partial charge on any atom is -0.497 e. The number of aromatic nitrogens is 1. The monoisotopic (exact) mass is 456 g/mol. The fraction of sp³-hybridized carbons (Fsp3) is 0.357. The quantitative estimate of drug-likeness (QED) is 0.580. The Hall–Kier alpha value is -3.22. The topological polar surface area (TPSA) is 57.7 Å². The SMILES string of the molecule is COc1cccc(CN(C)Cc2ccnc(-c3ccc4c(c3)CN(C3CCCNC3)C4=O)c2)c1. The summed E-state index contributed by atoms with van der Waals surface area (Å²) in [5.41, 5.74) is 6.38. The van der Waals surface area contributed by atoms with Gasteiger partial charge >= 0.3 is 0 Å². The summed E-state index contributed by atoms with van der Waals surface area (Å²) >= 11 is 0. The molecule has 1 saturated heterocycles. The van der Waals surface area contributed by atoms with Crippen LogP contribution in [0.15, 0.2) is 60.8 Å². The lowest BCUT2D eigenvalue weighted by atomic mass is 10.0. The van der Waals surface area contributed by atoms with Gasteiger partial charge in [0.05, 0.1) is 12.8 Å². The smallest absolute Gasteiger partial charge is 0.254 e. The van der Waals surface area contributed by atoms with Crippen LogP contribution in [0.2, 0.25) is 0 Å². The highest BCUT2D eigenvalue weighted by Crippen LogP contribution is 2.30. The normalized spacial score (nSPS) is 17.8. The van der Waals surface area contributed by atoms with Crippen LogP contribution in [0.4, 0.5) is 0 Å². The van der Waals surface area contributed by atoms with E-state index < -0.39 is 0 Å². The average Bonchev–Trinajstić information content (AvgIpc) is 3.20. The molecule has 1 amide bonds. The molecule has 3 aromatic rings. The maximum absolute atomic E-state index is 13.0. The van der Waals surface area contributed by atoms with Gasteiger partial charge in [-0.3, -0.25) is 14.7 Å². The maximum Gasteiger partial charge on any atom is 0.254 e. The van der Waals surface area contributed by atoms with E-state index in [4.69, 9.17) is 4.74 Å². The van der Waals surface area contributed by atoms with Crippen LogP contribution in [0.25, 0.3) is 11.3 Å². The average molecular weight is 457 g/mol. The van der Waals surface area contributed by atoms with E-state index in [9.17, 15) is 4.79 Å². The minimum absolute atomic E-state index is 0.163. The molecule has 1 fully saturated rings. The number of methoxy groups -OCH3 is 1.